The van der Waals surface area contributed by atoms with Crippen LogP contribution in [0.15, 0.2) is 47.3 Å². The number of carbonyl (C=O) groups is 1. The van der Waals surface area contributed by atoms with Crippen molar-refractivity contribution in [3.8, 4) is 11.4 Å². The van der Waals surface area contributed by atoms with Gasteiger partial charge in [-0.2, -0.15) is 9.78 Å². The monoisotopic (exact) mass is 492 g/mol. The minimum Gasteiger partial charge on any atom is -0.495 e. The molecule has 0 unspecified atom stereocenters. The maximum Gasteiger partial charge on any atom is 0.296 e. The van der Waals surface area contributed by atoms with E-state index in [0.29, 0.717) is 39.2 Å². The molecule has 1 amide bonds. The number of nitrogens with zero attached hydrogens (tertiary/aromatic N) is 3. The summed E-state index contributed by atoms with van der Waals surface area (Å²) in [7, 11) is 3.37. The number of fused-ring (bicyclic) bond motifs is 3. The van der Waals surface area contributed by atoms with Gasteiger partial charge < -0.3 is 14.6 Å². The molecular formula is C27H29ClN4O3. The van der Waals surface area contributed by atoms with E-state index in [1.54, 1.807) is 18.2 Å². The number of halogens is 1. The molecule has 35 heavy (non-hydrogen) atoms. The summed E-state index contributed by atoms with van der Waals surface area (Å²) in [5, 5.41) is 9.60. The second-order valence-corrected chi connectivity index (χ2v) is 9.94. The fourth-order valence-corrected chi connectivity index (χ4v) is 5.57. The second kappa shape index (κ2) is 9.04. The number of rotatable bonds is 4. The third-order valence-corrected chi connectivity index (χ3v) is 7.85. The number of carbonyl (C=O) groups excluding carboxylic acids is 1. The standard InChI is InChI=1S/C27H29ClN4O3/c1-15-8-7-10-20(16(15)2)29-26(33)24-23-18-9-5-6-11-21(18)31(3)25(23)27(34)32(30-24)17-12-13-22(35-4)19(28)14-17/h5-6,9,11-16,20H,7-8,10H2,1-4H3,(H,29,33)/t15-,16-,20-/m1/s1. The number of ether oxygens (including phenoxy) is 1. The first-order valence-corrected chi connectivity index (χ1v) is 12.3. The summed E-state index contributed by atoms with van der Waals surface area (Å²) in [4.78, 5) is 27.5. The van der Waals surface area contributed by atoms with Gasteiger partial charge in [0.1, 0.15) is 11.3 Å². The molecule has 0 spiro atoms. The number of para-hydroxylation sites is 1. The Balaban J connectivity index is 1.73. The van der Waals surface area contributed by atoms with Crippen molar-refractivity contribution in [3.63, 3.8) is 0 Å². The lowest BCUT2D eigenvalue weighted by molar-refractivity contribution is 0.0886. The second-order valence-electron chi connectivity index (χ2n) is 9.53. The first-order chi connectivity index (χ1) is 16.8. The van der Waals surface area contributed by atoms with Crippen LogP contribution in [-0.2, 0) is 7.05 Å². The zero-order valence-electron chi connectivity index (χ0n) is 20.3. The Hall–Kier alpha value is -3.32. The van der Waals surface area contributed by atoms with Gasteiger partial charge >= 0.3 is 0 Å². The summed E-state index contributed by atoms with van der Waals surface area (Å²) in [5.74, 6) is 1.12. The van der Waals surface area contributed by atoms with E-state index in [9.17, 15) is 9.59 Å². The Morgan fingerprint density at radius 3 is 2.69 bits per heavy atom. The highest BCUT2D eigenvalue weighted by atomic mass is 35.5. The third-order valence-electron chi connectivity index (χ3n) is 7.56. The first kappa shape index (κ1) is 23.4. The number of benzene rings is 2. The van der Waals surface area contributed by atoms with Gasteiger partial charge in [-0.1, -0.05) is 56.5 Å². The number of hydrogen-bond acceptors (Lipinski definition) is 4. The van der Waals surface area contributed by atoms with E-state index in [2.05, 4.69) is 24.3 Å². The van der Waals surface area contributed by atoms with Crippen LogP contribution in [0.1, 0.15) is 43.6 Å². The van der Waals surface area contributed by atoms with Crippen LogP contribution in [0.4, 0.5) is 0 Å². The molecule has 0 saturated heterocycles. The molecule has 0 radical (unpaired) electrons. The van der Waals surface area contributed by atoms with Gasteiger partial charge in [0, 0.05) is 29.4 Å². The van der Waals surface area contributed by atoms with E-state index in [1.807, 2.05) is 35.9 Å². The van der Waals surface area contributed by atoms with Crippen molar-refractivity contribution in [2.75, 3.05) is 7.11 Å². The Morgan fingerprint density at radius 1 is 1.17 bits per heavy atom. The highest BCUT2D eigenvalue weighted by molar-refractivity contribution is 6.32. The summed E-state index contributed by atoms with van der Waals surface area (Å²) >= 11 is 6.35. The molecule has 1 fully saturated rings. The molecule has 182 valence electrons. The van der Waals surface area contributed by atoms with Crippen LogP contribution in [0.5, 0.6) is 5.75 Å². The van der Waals surface area contributed by atoms with E-state index >= 15 is 0 Å². The molecule has 2 aromatic heterocycles. The van der Waals surface area contributed by atoms with Gasteiger partial charge in [-0.25, -0.2) is 0 Å². The summed E-state index contributed by atoms with van der Waals surface area (Å²) in [6.07, 6.45) is 3.18. The number of aromatic nitrogens is 3. The van der Waals surface area contributed by atoms with E-state index in [0.717, 1.165) is 23.7 Å². The maximum atomic E-state index is 13.7. The van der Waals surface area contributed by atoms with Crippen LogP contribution < -0.4 is 15.6 Å². The Labute approximate surface area is 208 Å². The average molecular weight is 493 g/mol. The number of methoxy groups -OCH3 is 1. The lowest BCUT2D eigenvalue weighted by atomic mass is 9.78. The Kier molecular flexibility index (Phi) is 6.05. The van der Waals surface area contributed by atoms with Gasteiger partial charge in [0.05, 0.1) is 17.8 Å². The Bertz CT molecular complexity index is 1510. The fraction of sp³-hybridized carbons (Fsp3) is 0.370. The summed E-state index contributed by atoms with van der Waals surface area (Å²) < 4.78 is 8.34. The molecule has 0 aliphatic heterocycles. The molecule has 1 aliphatic carbocycles. The van der Waals surface area contributed by atoms with Gasteiger partial charge in [0.15, 0.2) is 5.69 Å². The van der Waals surface area contributed by atoms with Gasteiger partial charge in [0.25, 0.3) is 11.5 Å². The van der Waals surface area contributed by atoms with Crippen LogP contribution in [0.3, 0.4) is 0 Å². The molecule has 4 aromatic rings. The zero-order valence-corrected chi connectivity index (χ0v) is 21.1. The largest absolute Gasteiger partial charge is 0.495 e. The lowest BCUT2D eigenvalue weighted by Gasteiger charge is -2.34. The van der Waals surface area contributed by atoms with Gasteiger partial charge in [-0.3, -0.25) is 9.59 Å². The molecule has 0 bridgehead atoms. The number of aryl methyl sites for hydroxylation is 1. The highest BCUT2D eigenvalue weighted by Crippen LogP contribution is 2.32. The van der Waals surface area contributed by atoms with Crippen LogP contribution in [0, 0.1) is 11.8 Å². The SMILES string of the molecule is COc1ccc(-n2nc(C(=O)N[C@@H]3CCC[C@@H](C)[C@H]3C)c3c4ccccc4n(C)c3c2=O)cc1Cl. The van der Waals surface area contributed by atoms with Crippen molar-refractivity contribution in [3.05, 3.63) is 63.5 Å². The molecule has 1 aliphatic rings. The first-order valence-electron chi connectivity index (χ1n) is 12.0. The van der Waals surface area contributed by atoms with Crippen LogP contribution in [0.25, 0.3) is 27.5 Å². The summed E-state index contributed by atoms with van der Waals surface area (Å²) in [6.45, 7) is 4.42. The molecule has 2 aromatic carbocycles. The fourth-order valence-electron chi connectivity index (χ4n) is 5.32. The highest BCUT2D eigenvalue weighted by Gasteiger charge is 2.30. The predicted octanol–water partition coefficient (Wildman–Crippen LogP) is 5.09. The number of nitrogens with one attached hydrogen (secondary N) is 1. The minimum atomic E-state index is -0.323. The van der Waals surface area contributed by atoms with Gasteiger partial charge in [0.2, 0.25) is 0 Å². The third kappa shape index (κ3) is 3.88. The molecule has 1 N–H and O–H groups in total. The minimum absolute atomic E-state index is 0.0638. The molecule has 2 heterocycles. The molecule has 8 heteroatoms. The van der Waals surface area contributed by atoms with Crippen molar-refractivity contribution in [1.82, 2.24) is 19.7 Å². The molecular weight excluding hydrogens is 464 g/mol. The predicted molar refractivity (Wildman–Crippen MR) is 139 cm³/mol. The molecule has 1 saturated carbocycles. The van der Waals surface area contributed by atoms with Crippen molar-refractivity contribution in [2.24, 2.45) is 18.9 Å². The smallest absolute Gasteiger partial charge is 0.296 e. The van der Waals surface area contributed by atoms with Gasteiger partial charge in [-0.05, 0) is 42.5 Å². The molecule has 7 nitrogen and oxygen atoms in total. The summed E-state index contributed by atoms with van der Waals surface area (Å²) in [6, 6.07) is 12.8. The lowest BCUT2D eigenvalue weighted by Crippen LogP contribution is -2.44. The van der Waals surface area contributed by atoms with E-state index in [-0.39, 0.29) is 23.2 Å². The number of amides is 1. The maximum absolute atomic E-state index is 13.7. The van der Waals surface area contributed by atoms with E-state index < -0.39 is 0 Å². The number of hydrogen-bond donors (Lipinski definition) is 1. The average Bonchev–Trinajstić information content (AvgIpc) is 3.15. The molecule has 3 atom stereocenters. The topological polar surface area (TPSA) is 78.2 Å². The molecule has 5 rings (SSSR count). The van der Waals surface area contributed by atoms with Crippen molar-refractivity contribution >= 4 is 39.3 Å². The zero-order chi connectivity index (χ0) is 24.9. The van der Waals surface area contributed by atoms with Crippen molar-refractivity contribution in [1.29, 1.82) is 0 Å². The quantitative estimate of drug-likeness (QED) is 0.430. The van der Waals surface area contributed by atoms with Crippen molar-refractivity contribution < 1.29 is 9.53 Å². The van der Waals surface area contributed by atoms with Crippen LogP contribution in [-0.4, -0.2) is 33.4 Å². The van der Waals surface area contributed by atoms with Gasteiger partial charge in [-0.15, -0.1) is 0 Å². The van der Waals surface area contributed by atoms with E-state index in [4.69, 9.17) is 16.3 Å². The van der Waals surface area contributed by atoms with Crippen molar-refractivity contribution in [2.45, 2.75) is 39.2 Å². The van der Waals surface area contributed by atoms with Crippen LogP contribution >= 0.6 is 11.6 Å². The normalized spacial score (nSPS) is 20.3. The van der Waals surface area contributed by atoms with Crippen LogP contribution in [0.2, 0.25) is 5.02 Å². The van der Waals surface area contributed by atoms with E-state index in [1.165, 1.54) is 18.2 Å². The Morgan fingerprint density at radius 2 is 1.94 bits per heavy atom. The summed E-state index contributed by atoms with van der Waals surface area (Å²) in [5.41, 5.74) is 1.65.